The SMILES string of the molecule is CC(Oc1ccccc1C#N)C(=O)NC#N. The van der Waals surface area contributed by atoms with Gasteiger partial charge in [0.2, 0.25) is 0 Å². The minimum absolute atomic E-state index is 0.325. The van der Waals surface area contributed by atoms with Gasteiger partial charge in [-0.3, -0.25) is 10.1 Å². The second-order valence-electron chi connectivity index (χ2n) is 2.97. The van der Waals surface area contributed by atoms with Crippen molar-refractivity contribution in [2.24, 2.45) is 0 Å². The first-order valence-electron chi connectivity index (χ1n) is 4.53. The van der Waals surface area contributed by atoms with E-state index in [1.165, 1.54) is 13.1 Å². The molecule has 5 nitrogen and oxygen atoms in total. The zero-order valence-corrected chi connectivity index (χ0v) is 8.60. The highest BCUT2D eigenvalue weighted by molar-refractivity contribution is 5.82. The molecule has 80 valence electrons. The number of para-hydroxylation sites is 1. The molecule has 1 aromatic rings. The normalized spacial score (nSPS) is 10.7. The smallest absolute Gasteiger partial charge is 0.273 e. The molecule has 0 fully saturated rings. The van der Waals surface area contributed by atoms with Crippen LogP contribution in [-0.2, 0) is 4.79 Å². The number of nitriles is 2. The van der Waals surface area contributed by atoms with Crippen LogP contribution >= 0.6 is 0 Å². The van der Waals surface area contributed by atoms with Gasteiger partial charge in [0.05, 0.1) is 5.56 Å². The highest BCUT2D eigenvalue weighted by atomic mass is 16.5. The maximum atomic E-state index is 11.2. The first kappa shape index (κ1) is 11.5. The van der Waals surface area contributed by atoms with Crippen LogP contribution in [0.25, 0.3) is 0 Å². The molecule has 0 heterocycles. The lowest BCUT2D eigenvalue weighted by Crippen LogP contribution is -2.33. The molecule has 0 saturated carbocycles. The molecule has 0 aliphatic heterocycles. The quantitative estimate of drug-likeness (QED) is 0.600. The van der Waals surface area contributed by atoms with Gasteiger partial charge in [0, 0.05) is 0 Å². The summed E-state index contributed by atoms with van der Waals surface area (Å²) in [4.78, 5) is 11.2. The molecule has 0 aliphatic carbocycles. The number of nitrogens with zero attached hydrogens (tertiary/aromatic N) is 2. The van der Waals surface area contributed by atoms with E-state index in [4.69, 9.17) is 15.3 Å². The molecule has 0 aliphatic rings. The molecule has 1 N–H and O–H groups in total. The Hall–Kier alpha value is -2.53. The summed E-state index contributed by atoms with van der Waals surface area (Å²) >= 11 is 0. The van der Waals surface area contributed by atoms with Crippen LogP contribution in [0, 0.1) is 22.8 Å². The zero-order valence-electron chi connectivity index (χ0n) is 8.60. The van der Waals surface area contributed by atoms with Gasteiger partial charge in [0.1, 0.15) is 11.8 Å². The van der Waals surface area contributed by atoms with Gasteiger partial charge >= 0.3 is 0 Å². The third-order valence-electron chi connectivity index (χ3n) is 1.86. The summed E-state index contributed by atoms with van der Waals surface area (Å²) in [5.74, 6) is -0.221. The van der Waals surface area contributed by atoms with E-state index in [2.05, 4.69) is 0 Å². The average molecular weight is 215 g/mol. The summed E-state index contributed by atoms with van der Waals surface area (Å²) < 4.78 is 5.27. The lowest BCUT2D eigenvalue weighted by Gasteiger charge is -2.12. The summed E-state index contributed by atoms with van der Waals surface area (Å²) in [5, 5.41) is 19.0. The maximum absolute atomic E-state index is 11.2. The maximum Gasteiger partial charge on any atom is 0.273 e. The minimum Gasteiger partial charge on any atom is -0.479 e. The Bertz CT molecular complexity index is 471. The fraction of sp³-hybridized carbons (Fsp3) is 0.182. The van der Waals surface area contributed by atoms with Crippen LogP contribution in [0.5, 0.6) is 5.75 Å². The van der Waals surface area contributed by atoms with Crippen molar-refractivity contribution in [3.05, 3.63) is 29.8 Å². The van der Waals surface area contributed by atoms with Crippen molar-refractivity contribution in [1.82, 2.24) is 5.32 Å². The fourth-order valence-corrected chi connectivity index (χ4v) is 1.06. The predicted octanol–water partition coefficient (Wildman–Crippen LogP) is 0.923. The highest BCUT2D eigenvalue weighted by Crippen LogP contribution is 2.17. The topological polar surface area (TPSA) is 85.9 Å². The summed E-state index contributed by atoms with van der Waals surface area (Å²) in [6.45, 7) is 1.50. The molecule has 0 saturated heterocycles. The molecule has 0 bridgehead atoms. The van der Waals surface area contributed by atoms with Crippen molar-refractivity contribution in [3.63, 3.8) is 0 Å². The molecule has 1 aromatic carbocycles. The van der Waals surface area contributed by atoms with E-state index in [0.29, 0.717) is 11.3 Å². The molecule has 5 heteroatoms. The standard InChI is InChI=1S/C11H9N3O2/c1-8(11(15)14-7-13)16-10-5-3-2-4-9(10)6-12/h2-5,8H,1H3,(H,14,15). The number of benzene rings is 1. The molecular weight excluding hydrogens is 206 g/mol. The average Bonchev–Trinajstić information content (AvgIpc) is 2.30. The van der Waals surface area contributed by atoms with E-state index in [1.54, 1.807) is 24.3 Å². The molecule has 1 atom stereocenters. The highest BCUT2D eigenvalue weighted by Gasteiger charge is 2.15. The molecule has 0 spiro atoms. The van der Waals surface area contributed by atoms with Crippen LogP contribution in [0.4, 0.5) is 0 Å². The zero-order chi connectivity index (χ0) is 12.0. The number of amides is 1. The number of carbonyl (C=O) groups is 1. The van der Waals surface area contributed by atoms with Gasteiger partial charge < -0.3 is 4.74 Å². The van der Waals surface area contributed by atoms with Crippen molar-refractivity contribution >= 4 is 5.91 Å². The molecule has 0 aromatic heterocycles. The second kappa shape index (κ2) is 5.38. The largest absolute Gasteiger partial charge is 0.479 e. The molecule has 0 radical (unpaired) electrons. The van der Waals surface area contributed by atoms with Gasteiger partial charge in [-0.1, -0.05) is 12.1 Å². The van der Waals surface area contributed by atoms with E-state index >= 15 is 0 Å². The fourth-order valence-electron chi connectivity index (χ4n) is 1.06. The van der Waals surface area contributed by atoms with Crippen LogP contribution in [0.2, 0.25) is 0 Å². The van der Waals surface area contributed by atoms with Crippen LogP contribution in [0.3, 0.4) is 0 Å². The van der Waals surface area contributed by atoms with Crippen molar-refractivity contribution in [3.8, 4) is 18.0 Å². The van der Waals surface area contributed by atoms with E-state index in [-0.39, 0.29) is 0 Å². The van der Waals surface area contributed by atoms with Gasteiger partial charge in [0.15, 0.2) is 12.3 Å². The van der Waals surface area contributed by atoms with Crippen LogP contribution in [-0.4, -0.2) is 12.0 Å². The van der Waals surface area contributed by atoms with Crippen molar-refractivity contribution in [1.29, 1.82) is 10.5 Å². The molecule has 1 rings (SSSR count). The van der Waals surface area contributed by atoms with E-state index in [0.717, 1.165) is 0 Å². The minimum atomic E-state index is -0.825. The Morgan fingerprint density at radius 2 is 2.12 bits per heavy atom. The number of nitrogens with one attached hydrogen (secondary N) is 1. The van der Waals surface area contributed by atoms with Crippen molar-refractivity contribution in [2.45, 2.75) is 13.0 Å². The number of rotatable bonds is 3. The molecular formula is C11H9N3O2. The molecule has 16 heavy (non-hydrogen) atoms. The van der Waals surface area contributed by atoms with Gasteiger partial charge in [-0.05, 0) is 19.1 Å². The third-order valence-corrected chi connectivity index (χ3v) is 1.86. The molecule has 1 amide bonds. The Balaban J connectivity index is 2.78. The Labute approximate surface area is 92.9 Å². The van der Waals surface area contributed by atoms with Crippen LogP contribution < -0.4 is 10.1 Å². The van der Waals surface area contributed by atoms with Gasteiger partial charge in [-0.25, -0.2) is 0 Å². The van der Waals surface area contributed by atoms with Gasteiger partial charge in [-0.15, -0.1) is 0 Å². The van der Waals surface area contributed by atoms with Gasteiger partial charge in [0.25, 0.3) is 5.91 Å². The van der Waals surface area contributed by atoms with Crippen molar-refractivity contribution < 1.29 is 9.53 Å². The monoisotopic (exact) mass is 215 g/mol. The van der Waals surface area contributed by atoms with Crippen LogP contribution in [0.15, 0.2) is 24.3 Å². The molecule has 1 unspecified atom stereocenters. The summed E-state index contributed by atoms with van der Waals surface area (Å²) in [5.41, 5.74) is 0.346. The number of hydrogen-bond acceptors (Lipinski definition) is 4. The lowest BCUT2D eigenvalue weighted by molar-refractivity contribution is -0.126. The Morgan fingerprint density at radius 3 is 2.75 bits per heavy atom. The summed E-state index contributed by atoms with van der Waals surface area (Å²) in [6.07, 6.45) is 0.693. The van der Waals surface area contributed by atoms with E-state index in [9.17, 15) is 4.79 Å². The summed E-state index contributed by atoms with van der Waals surface area (Å²) in [6, 6.07) is 8.53. The number of hydrogen-bond donors (Lipinski definition) is 1. The number of carbonyl (C=O) groups excluding carboxylic acids is 1. The van der Waals surface area contributed by atoms with Crippen molar-refractivity contribution in [2.75, 3.05) is 0 Å². The number of ether oxygens (including phenoxy) is 1. The third kappa shape index (κ3) is 2.73. The van der Waals surface area contributed by atoms with E-state index in [1.807, 2.05) is 11.4 Å². The first-order chi connectivity index (χ1) is 7.69. The summed E-state index contributed by atoms with van der Waals surface area (Å²) in [7, 11) is 0. The Kier molecular flexibility index (Phi) is 3.88. The first-order valence-corrected chi connectivity index (χ1v) is 4.53. The lowest BCUT2D eigenvalue weighted by atomic mass is 10.2. The predicted molar refractivity (Wildman–Crippen MR) is 55.0 cm³/mol. The second-order valence-corrected chi connectivity index (χ2v) is 2.97. The van der Waals surface area contributed by atoms with Crippen LogP contribution in [0.1, 0.15) is 12.5 Å². The van der Waals surface area contributed by atoms with E-state index < -0.39 is 12.0 Å². The Morgan fingerprint density at radius 1 is 1.44 bits per heavy atom. The van der Waals surface area contributed by atoms with Gasteiger partial charge in [-0.2, -0.15) is 10.5 Å².